The molecule has 1 N–H and O–H groups in total. The Balaban J connectivity index is 1.55. The van der Waals surface area contributed by atoms with Crippen LogP contribution in [0.3, 0.4) is 0 Å². The van der Waals surface area contributed by atoms with Crippen LogP contribution in [-0.2, 0) is 30.7 Å². The number of amides is 1. The molecule has 4 rings (SSSR count). The minimum absolute atomic E-state index is 0.163. The number of carbonyl (C=O) groups excluding carboxylic acids is 1. The molecule has 0 saturated carbocycles. The summed E-state index contributed by atoms with van der Waals surface area (Å²) in [6.45, 7) is 2.44. The summed E-state index contributed by atoms with van der Waals surface area (Å²) in [6.07, 6.45) is 8.80. The first kappa shape index (κ1) is 18.0. The highest BCUT2D eigenvalue weighted by Gasteiger charge is 2.24. The van der Waals surface area contributed by atoms with Crippen molar-refractivity contribution in [1.29, 1.82) is 0 Å². The van der Waals surface area contributed by atoms with Gasteiger partial charge in [-0.15, -0.1) is 0 Å². The van der Waals surface area contributed by atoms with Gasteiger partial charge in [-0.25, -0.2) is 0 Å². The molecule has 1 amide bonds. The summed E-state index contributed by atoms with van der Waals surface area (Å²) in [5, 5.41) is 3.10. The number of hydrogen-bond acceptors (Lipinski definition) is 4. The summed E-state index contributed by atoms with van der Waals surface area (Å²) in [6, 6.07) is 8.84. The number of ether oxygens (including phenoxy) is 1. The number of nitrogens with zero attached hydrogens (tertiary/aromatic N) is 2. The van der Waals surface area contributed by atoms with Crippen LogP contribution in [0.25, 0.3) is 0 Å². The molecular formula is C22H27N3O2. The van der Waals surface area contributed by atoms with Gasteiger partial charge in [-0.2, -0.15) is 0 Å². The molecule has 1 aliphatic heterocycles. The second-order valence-electron chi connectivity index (χ2n) is 7.62. The third-order valence-electron chi connectivity index (χ3n) is 5.58. The van der Waals surface area contributed by atoms with E-state index in [1.54, 1.807) is 13.3 Å². The number of nitrogens with one attached hydrogen (secondary N) is 1. The molecule has 1 atom stereocenters. The molecule has 0 radical (unpaired) electrons. The van der Waals surface area contributed by atoms with Gasteiger partial charge in [0.1, 0.15) is 5.75 Å². The molecule has 0 spiro atoms. The van der Waals surface area contributed by atoms with E-state index >= 15 is 0 Å². The quantitative estimate of drug-likeness (QED) is 0.820. The average Bonchev–Trinajstić information content (AvgIpc) is 3.30. The van der Waals surface area contributed by atoms with Gasteiger partial charge >= 0.3 is 0 Å². The first-order chi connectivity index (χ1) is 13.2. The Hall–Kier alpha value is -2.40. The summed E-state index contributed by atoms with van der Waals surface area (Å²) in [5.41, 5.74) is 5.30. The van der Waals surface area contributed by atoms with Gasteiger partial charge in [-0.3, -0.25) is 14.7 Å². The van der Waals surface area contributed by atoms with Crippen molar-refractivity contribution in [3.8, 4) is 5.75 Å². The Labute approximate surface area is 160 Å². The molecule has 27 heavy (non-hydrogen) atoms. The third kappa shape index (κ3) is 4.30. The van der Waals surface area contributed by atoms with E-state index in [2.05, 4.69) is 33.4 Å². The SMILES string of the molecule is COc1cc2c(cc1CN(Cc1cccnc1)C[C@@H]1CCC(=O)N1)CCC2. The Morgan fingerprint density at radius 2 is 2.07 bits per heavy atom. The van der Waals surface area contributed by atoms with Crippen molar-refractivity contribution in [2.75, 3.05) is 13.7 Å². The van der Waals surface area contributed by atoms with Crippen molar-refractivity contribution in [2.45, 2.75) is 51.2 Å². The minimum atomic E-state index is 0.163. The number of benzene rings is 1. The van der Waals surface area contributed by atoms with E-state index in [1.807, 2.05) is 12.3 Å². The highest BCUT2D eigenvalue weighted by Crippen LogP contribution is 2.31. The lowest BCUT2D eigenvalue weighted by Crippen LogP contribution is -2.38. The van der Waals surface area contributed by atoms with E-state index in [9.17, 15) is 4.79 Å². The molecule has 1 aromatic heterocycles. The molecule has 5 nitrogen and oxygen atoms in total. The highest BCUT2D eigenvalue weighted by molar-refractivity contribution is 5.78. The van der Waals surface area contributed by atoms with Crippen LogP contribution in [0.15, 0.2) is 36.7 Å². The summed E-state index contributed by atoms with van der Waals surface area (Å²) < 4.78 is 5.70. The van der Waals surface area contributed by atoms with Crippen molar-refractivity contribution in [1.82, 2.24) is 15.2 Å². The van der Waals surface area contributed by atoms with E-state index in [0.717, 1.165) is 44.6 Å². The van der Waals surface area contributed by atoms with Crippen LogP contribution in [-0.4, -0.2) is 35.5 Å². The van der Waals surface area contributed by atoms with Gasteiger partial charge in [0, 0.05) is 50.1 Å². The van der Waals surface area contributed by atoms with Gasteiger partial charge < -0.3 is 10.1 Å². The monoisotopic (exact) mass is 365 g/mol. The van der Waals surface area contributed by atoms with Crippen LogP contribution in [0.2, 0.25) is 0 Å². The molecular weight excluding hydrogens is 338 g/mol. The molecule has 5 heteroatoms. The fourth-order valence-corrected chi connectivity index (χ4v) is 4.27. The summed E-state index contributed by atoms with van der Waals surface area (Å²) in [5.74, 6) is 1.14. The van der Waals surface area contributed by atoms with Crippen LogP contribution in [0.5, 0.6) is 5.75 Å². The Kier molecular flexibility index (Phi) is 5.39. The van der Waals surface area contributed by atoms with Crippen LogP contribution in [0.4, 0.5) is 0 Å². The zero-order chi connectivity index (χ0) is 18.6. The molecule has 1 aliphatic carbocycles. The first-order valence-electron chi connectivity index (χ1n) is 9.80. The first-order valence-corrected chi connectivity index (χ1v) is 9.80. The smallest absolute Gasteiger partial charge is 0.220 e. The third-order valence-corrected chi connectivity index (χ3v) is 5.58. The second kappa shape index (κ2) is 8.09. The number of aromatic nitrogens is 1. The Bertz CT molecular complexity index is 807. The van der Waals surface area contributed by atoms with E-state index < -0.39 is 0 Å². The van der Waals surface area contributed by atoms with Gasteiger partial charge in [-0.05, 0) is 54.5 Å². The van der Waals surface area contributed by atoms with E-state index in [-0.39, 0.29) is 11.9 Å². The molecule has 1 saturated heterocycles. The van der Waals surface area contributed by atoms with E-state index in [0.29, 0.717) is 6.42 Å². The Morgan fingerprint density at radius 1 is 1.22 bits per heavy atom. The number of pyridine rings is 1. The number of methoxy groups -OCH3 is 1. The van der Waals surface area contributed by atoms with Gasteiger partial charge in [0.25, 0.3) is 0 Å². The topological polar surface area (TPSA) is 54.5 Å². The number of carbonyl (C=O) groups is 1. The minimum Gasteiger partial charge on any atom is -0.496 e. The lowest BCUT2D eigenvalue weighted by molar-refractivity contribution is -0.119. The van der Waals surface area contributed by atoms with Crippen molar-refractivity contribution in [3.63, 3.8) is 0 Å². The predicted octanol–water partition coefficient (Wildman–Crippen LogP) is 2.86. The normalized spacial score (nSPS) is 18.6. The van der Waals surface area contributed by atoms with Gasteiger partial charge in [0.2, 0.25) is 5.91 Å². The molecule has 0 bridgehead atoms. The second-order valence-corrected chi connectivity index (χ2v) is 7.62. The summed E-state index contributed by atoms with van der Waals surface area (Å²) >= 11 is 0. The van der Waals surface area contributed by atoms with Gasteiger partial charge in [0.05, 0.1) is 7.11 Å². The van der Waals surface area contributed by atoms with Gasteiger partial charge in [-0.1, -0.05) is 12.1 Å². The van der Waals surface area contributed by atoms with Crippen molar-refractivity contribution in [2.24, 2.45) is 0 Å². The number of aryl methyl sites for hydroxylation is 2. The van der Waals surface area contributed by atoms with Crippen molar-refractivity contribution in [3.05, 3.63) is 58.9 Å². The Morgan fingerprint density at radius 3 is 2.78 bits per heavy atom. The van der Waals surface area contributed by atoms with Crippen LogP contribution >= 0.6 is 0 Å². The molecule has 1 fully saturated rings. The van der Waals surface area contributed by atoms with Crippen LogP contribution in [0.1, 0.15) is 41.5 Å². The van der Waals surface area contributed by atoms with E-state index in [4.69, 9.17) is 4.74 Å². The molecule has 0 unspecified atom stereocenters. The maximum atomic E-state index is 11.6. The molecule has 2 aliphatic rings. The summed E-state index contributed by atoms with van der Waals surface area (Å²) in [7, 11) is 1.75. The number of fused-ring (bicyclic) bond motifs is 1. The summed E-state index contributed by atoms with van der Waals surface area (Å²) in [4.78, 5) is 18.3. The zero-order valence-corrected chi connectivity index (χ0v) is 15.9. The zero-order valence-electron chi connectivity index (χ0n) is 15.9. The van der Waals surface area contributed by atoms with Crippen LogP contribution in [0, 0.1) is 0 Å². The predicted molar refractivity (Wildman–Crippen MR) is 105 cm³/mol. The molecule has 142 valence electrons. The average molecular weight is 365 g/mol. The number of hydrogen-bond donors (Lipinski definition) is 1. The lowest BCUT2D eigenvalue weighted by atomic mass is 10.0. The lowest BCUT2D eigenvalue weighted by Gasteiger charge is -2.26. The van der Waals surface area contributed by atoms with Crippen LogP contribution < -0.4 is 10.1 Å². The highest BCUT2D eigenvalue weighted by atomic mass is 16.5. The number of rotatable bonds is 7. The maximum Gasteiger partial charge on any atom is 0.220 e. The molecule has 2 aromatic rings. The largest absolute Gasteiger partial charge is 0.496 e. The molecule has 2 heterocycles. The molecule has 1 aromatic carbocycles. The fraction of sp³-hybridized carbons (Fsp3) is 0.455. The standard InChI is InChI=1S/C22H27N3O2/c1-27-21-11-18-6-2-5-17(18)10-19(21)14-25(13-16-4-3-9-23-12-16)15-20-7-8-22(26)24-20/h3-4,9-12,20H,2,5-8,13-15H2,1H3,(H,24,26)/t20-/m0/s1. The van der Waals surface area contributed by atoms with Gasteiger partial charge in [0.15, 0.2) is 0 Å². The fourth-order valence-electron chi connectivity index (χ4n) is 4.27. The van der Waals surface area contributed by atoms with Crippen molar-refractivity contribution < 1.29 is 9.53 Å². The van der Waals surface area contributed by atoms with Crippen molar-refractivity contribution >= 4 is 5.91 Å². The van der Waals surface area contributed by atoms with E-state index in [1.165, 1.54) is 28.7 Å². The maximum absolute atomic E-state index is 11.6.